The van der Waals surface area contributed by atoms with Crippen molar-refractivity contribution in [2.24, 2.45) is 0 Å². The molecule has 1 heterocycles. The highest BCUT2D eigenvalue weighted by Gasteiger charge is 2.27. The van der Waals surface area contributed by atoms with E-state index >= 15 is 0 Å². The zero-order chi connectivity index (χ0) is 18.5. The quantitative estimate of drug-likeness (QED) is 0.771. The third kappa shape index (κ3) is 3.95. The molecule has 1 unspecified atom stereocenters. The van der Waals surface area contributed by atoms with E-state index in [0.717, 1.165) is 38.3 Å². The van der Waals surface area contributed by atoms with E-state index in [9.17, 15) is 10.1 Å². The number of Topliss-reactive ketones (excluding diaryl/α,β-unsaturated/α-hetero) is 1. The third-order valence-corrected chi connectivity index (χ3v) is 5.17. The molecule has 1 aliphatic heterocycles. The van der Waals surface area contributed by atoms with Gasteiger partial charge in [-0.3, -0.25) is 9.69 Å². The fourth-order valence-corrected chi connectivity index (χ4v) is 3.63. The number of hydrogen-bond donors (Lipinski definition) is 0. The Bertz CT molecular complexity index is 810. The average molecular weight is 347 g/mol. The maximum atomic E-state index is 11.7. The first-order chi connectivity index (χ1) is 12.6. The molecule has 0 spiro atoms. The molecule has 1 saturated heterocycles. The van der Waals surface area contributed by atoms with Gasteiger partial charge in [-0.05, 0) is 37.1 Å². The number of anilines is 1. The summed E-state index contributed by atoms with van der Waals surface area (Å²) in [6.45, 7) is 7.41. The normalized spacial score (nSPS) is 17.7. The van der Waals surface area contributed by atoms with Crippen molar-refractivity contribution in [2.75, 3.05) is 24.5 Å². The van der Waals surface area contributed by atoms with Crippen LogP contribution >= 0.6 is 0 Å². The van der Waals surface area contributed by atoms with Crippen molar-refractivity contribution in [1.29, 1.82) is 5.26 Å². The minimum atomic E-state index is 0.0329. The van der Waals surface area contributed by atoms with Gasteiger partial charge in [-0.1, -0.05) is 37.3 Å². The van der Waals surface area contributed by atoms with Gasteiger partial charge in [-0.2, -0.15) is 5.26 Å². The van der Waals surface area contributed by atoms with E-state index in [4.69, 9.17) is 0 Å². The number of piperazine rings is 1. The van der Waals surface area contributed by atoms with Crippen molar-refractivity contribution in [3.05, 3.63) is 65.2 Å². The van der Waals surface area contributed by atoms with Crippen LogP contribution in [-0.4, -0.2) is 36.4 Å². The molecule has 0 amide bonds. The van der Waals surface area contributed by atoms with Crippen LogP contribution in [0.3, 0.4) is 0 Å². The Labute approximate surface area is 155 Å². The van der Waals surface area contributed by atoms with Crippen LogP contribution in [0.5, 0.6) is 0 Å². The Morgan fingerprint density at radius 3 is 2.62 bits per heavy atom. The summed E-state index contributed by atoms with van der Waals surface area (Å²) in [6.07, 6.45) is 1.05. The van der Waals surface area contributed by atoms with E-state index < -0.39 is 0 Å². The summed E-state index contributed by atoms with van der Waals surface area (Å²) in [6, 6.07) is 18.6. The number of hydrogen-bond acceptors (Lipinski definition) is 4. The molecule has 0 N–H and O–H groups in total. The molecule has 0 aromatic heterocycles. The predicted octanol–water partition coefficient (Wildman–Crippen LogP) is 3.86. The van der Waals surface area contributed by atoms with E-state index in [1.807, 2.05) is 12.1 Å². The van der Waals surface area contributed by atoms with Crippen molar-refractivity contribution in [2.45, 2.75) is 32.9 Å². The van der Waals surface area contributed by atoms with Crippen LogP contribution in [0.1, 0.15) is 41.8 Å². The van der Waals surface area contributed by atoms with Crippen molar-refractivity contribution in [3.8, 4) is 6.07 Å². The van der Waals surface area contributed by atoms with Crippen LogP contribution in [0.15, 0.2) is 48.5 Å². The van der Waals surface area contributed by atoms with Crippen LogP contribution < -0.4 is 4.90 Å². The van der Waals surface area contributed by atoms with Crippen LogP contribution in [0, 0.1) is 11.3 Å². The Hall–Kier alpha value is -2.64. The molecule has 4 heteroatoms. The summed E-state index contributed by atoms with van der Waals surface area (Å²) in [4.78, 5) is 16.5. The topological polar surface area (TPSA) is 47.3 Å². The molecule has 4 nitrogen and oxygen atoms in total. The van der Waals surface area contributed by atoms with Gasteiger partial charge in [0.1, 0.15) is 6.07 Å². The maximum absolute atomic E-state index is 11.7. The first-order valence-electron chi connectivity index (χ1n) is 9.20. The lowest BCUT2D eigenvalue weighted by Crippen LogP contribution is -2.52. The van der Waals surface area contributed by atoms with Crippen molar-refractivity contribution in [1.82, 2.24) is 4.90 Å². The van der Waals surface area contributed by atoms with E-state index in [1.165, 1.54) is 5.56 Å². The Morgan fingerprint density at radius 2 is 1.96 bits per heavy atom. The van der Waals surface area contributed by atoms with Gasteiger partial charge in [0.05, 0.1) is 11.3 Å². The summed E-state index contributed by atoms with van der Waals surface area (Å²) in [5.41, 5.74) is 3.52. The Morgan fingerprint density at radius 1 is 1.19 bits per heavy atom. The van der Waals surface area contributed by atoms with E-state index in [-0.39, 0.29) is 5.78 Å². The van der Waals surface area contributed by atoms with E-state index in [2.05, 4.69) is 47.1 Å². The lowest BCUT2D eigenvalue weighted by atomic mass is 10.0. The minimum absolute atomic E-state index is 0.0329. The zero-order valence-corrected chi connectivity index (χ0v) is 15.5. The second-order valence-corrected chi connectivity index (χ2v) is 6.86. The van der Waals surface area contributed by atoms with Crippen molar-refractivity contribution in [3.63, 3.8) is 0 Å². The third-order valence-electron chi connectivity index (χ3n) is 5.17. The van der Waals surface area contributed by atoms with Crippen LogP contribution in [0.2, 0.25) is 0 Å². The van der Waals surface area contributed by atoms with Gasteiger partial charge in [0.25, 0.3) is 0 Å². The number of ketones is 1. The second kappa shape index (κ2) is 8.16. The summed E-state index contributed by atoms with van der Waals surface area (Å²) < 4.78 is 0. The molecule has 134 valence electrons. The van der Waals surface area contributed by atoms with Gasteiger partial charge in [0.2, 0.25) is 0 Å². The molecular weight excluding hydrogens is 322 g/mol. The number of carbonyl (C=O) groups excluding carboxylic acids is 1. The summed E-state index contributed by atoms with van der Waals surface area (Å²) >= 11 is 0. The predicted molar refractivity (Wildman–Crippen MR) is 104 cm³/mol. The molecule has 0 saturated carbocycles. The first-order valence-corrected chi connectivity index (χ1v) is 9.20. The SMILES string of the molecule is CCC1CN(c2cc(C(C)=O)ccc2C#N)CCN1Cc1ccccc1. The second-order valence-electron chi connectivity index (χ2n) is 6.86. The molecule has 2 aromatic rings. The fraction of sp³-hybridized carbons (Fsp3) is 0.364. The van der Waals surface area contributed by atoms with E-state index in [0.29, 0.717) is 17.2 Å². The van der Waals surface area contributed by atoms with Crippen LogP contribution in [0.25, 0.3) is 0 Å². The van der Waals surface area contributed by atoms with Crippen molar-refractivity contribution < 1.29 is 4.79 Å². The highest BCUT2D eigenvalue weighted by molar-refractivity contribution is 5.95. The molecule has 1 atom stereocenters. The number of carbonyl (C=O) groups is 1. The maximum Gasteiger partial charge on any atom is 0.159 e. The molecular formula is C22H25N3O. The average Bonchev–Trinajstić information content (AvgIpc) is 2.68. The standard InChI is InChI=1S/C22H25N3O/c1-3-21-16-25(12-11-24(21)15-18-7-5-4-6-8-18)22-13-19(17(2)26)9-10-20(22)14-23/h4-10,13,21H,3,11-12,15-16H2,1-2H3. The lowest BCUT2D eigenvalue weighted by Gasteiger charge is -2.42. The number of nitriles is 1. The van der Waals surface area contributed by atoms with Gasteiger partial charge in [-0.15, -0.1) is 0 Å². The number of benzene rings is 2. The van der Waals surface area contributed by atoms with Gasteiger partial charge in [0, 0.05) is 37.8 Å². The first kappa shape index (κ1) is 18.2. The Balaban J connectivity index is 1.79. The van der Waals surface area contributed by atoms with Gasteiger partial charge in [0.15, 0.2) is 5.78 Å². The van der Waals surface area contributed by atoms with Gasteiger partial charge in [-0.25, -0.2) is 0 Å². The summed E-state index contributed by atoms with van der Waals surface area (Å²) in [5, 5.41) is 9.48. The number of nitrogens with zero attached hydrogens (tertiary/aromatic N) is 3. The monoisotopic (exact) mass is 347 g/mol. The highest BCUT2D eigenvalue weighted by Crippen LogP contribution is 2.26. The van der Waals surface area contributed by atoms with Gasteiger partial charge >= 0.3 is 0 Å². The molecule has 0 aliphatic carbocycles. The molecule has 1 fully saturated rings. The smallest absolute Gasteiger partial charge is 0.159 e. The van der Waals surface area contributed by atoms with Gasteiger partial charge < -0.3 is 4.90 Å². The van der Waals surface area contributed by atoms with Crippen LogP contribution in [0.4, 0.5) is 5.69 Å². The Kier molecular flexibility index (Phi) is 5.70. The zero-order valence-electron chi connectivity index (χ0n) is 15.5. The largest absolute Gasteiger partial charge is 0.368 e. The molecule has 0 radical (unpaired) electrons. The molecule has 26 heavy (non-hydrogen) atoms. The number of rotatable bonds is 5. The highest BCUT2D eigenvalue weighted by atomic mass is 16.1. The molecule has 1 aliphatic rings. The van der Waals surface area contributed by atoms with Crippen molar-refractivity contribution >= 4 is 11.5 Å². The van der Waals surface area contributed by atoms with Crippen LogP contribution in [-0.2, 0) is 6.54 Å². The lowest BCUT2D eigenvalue weighted by molar-refractivity contribution is 0.101. The summed E-state index contributed by atoms with van der Waals surface area (Å²) in [5.74, 6) is 0.0329. The fourth-order valence-electron chi connectivity index (χ4n) is 3.63. The molecule has 2 aromatic carbocycles. The molecule has 3 rings (SSSR count). The minimum Gasteiger partial charge on any atom is -0.368 e. The summed E-state index contributed by atoms with van der Waals surface area (Å²) in [7, 11) is 0. The molecule has 0 bridgehead atoms. The van der Waals surface area contributed by atoms with E-state index in [1.54, 1.807) is 19.1 Å².